The number of hydrogen-bond donors (Lipinski definition) is 0. The van der Waals surface area contributed by atoms with Crippen LogP contribution in [0.15, 0.2) is 232 Å². The first kappa shape index (κ1) is 36.5. The van der Waals surface area contributed by atoms with Gasteiger partial charge in [0.1, 0.15) is 33.5 Å². The highest BCUT2D eigenvalue weighted by Crippen LogP contribution is 2.42. The zero-order chi connectivity index (χ0) is 42.6. The van der Waals surface area contributed by atoms with Crippen LogP contribution >= 0.6 is 11.3 Å². The maximum atomic E-state index is 7.17. The molecule has 0 bridgehead atoms. The van der Waals surface area contributed by atoms with Crippen molar-refractivity contribution < 1.29 is 13.3 Å². The molecule has 4 heterocycles. The molecule has 14 rings (SSSR count). The minimum Gasteiger partial charge on any atom is -0.456 e. The maximum Gasteiger partial charge on any atom is 0.188 e. The molecule has 5 heteroatoms. The Kier molecular flexibility index (Phi) is 7.87. The van der Waals surface area contributed by atoms with Crippen LogP contribution in [0.4, 0.5) is 0 Å². The van der Waals surface area contributed by atoms with E-state index in [9.17, 15) is 0 Å². The van der Waals surface area contributed by atoms with Gasteiger partial charge in [0.25, 0.3) is 0 Å². The monoisotopic (exact) mass is 864 g/mol. The van der Waals surface area contributed by atoms with Crippen LogP contribution in [-0.2, 0) is 0 Å². The van der Waals surface area contributed by atoms with Crippen molar-refractivity contribution in [1.82, 2.24) is 0 Å². The molecule has 0 aliphatic rings. The van der Waals surface area contributed by atoms with E-state index in [0.29, 0.717) is 0 Å². The first-order chi connectivity index (χ1) is 32.2. The molecule has 304 valence electrons. The number of para-hydroxylation sites is 4. The van der Waals surface area contributed by atoms with Crippen molar-refractivity contribution in [1.29, 1.82) is 0 Å². The van der Waals surface area contributed by atoms with Gasteiger partial charge >= 0.3 is 0 Å². The Hall–Kier alpha value is -7.96. The third-order valence-electron chi connectivity index (χ3n) is 13.6. The fourth-order valence-electron chi connectivity index (χ4n) is 10.8. The SMILES string of the molecule is c1ccc([Si](c2ccccc2)(c2cccc3c2oc2ccc(-c4cccc5c4oc4ccccc45)cc23)c2cccc3c2oc2ccc(-c4cccc5c4sc4ccccc45)cc23)cc1. The summed E-state index contributed by atoms with van der Waals surface area (Å²) < 4.78 is 23.5. The molecule has 65 heavy (non-hydrogen) atoms. The number of benzene rings is 10. The van der Waals surface area contributed by atoms with E-state index in [0.717, 1.165) is 76.9 Å². The summed E-state index contributed by atoms with van der Waals surface area (Å²) in [4.78, 5) is 0. The minimum atomic E-state index is -3.22. The van der Waals surface area contributed by atoms with Crippen LogP contribution in [0, 0.1) is 0 Å². The van der Waals surface area contributed by atoms with Crippen molar-refractivity contribution in [2.45, 2.75) is 0 Å². The number of hydrogen-bond acceptors (Lipinski definition) is 4. The van der Waals surface area contributed by atoms with Crippen molar-refractivity contribution in [2.75, 3.05) is 0 Å². The van der Waals surface area contributed by atoms with E-state index in [1.54, 1.807) is 0 Å². The fourth-order valence-corrected chi connectivity index (χ4v) is 17.0. The van der Waals surface area contributed by atoms with E-state index >= 15 is 0 Å². The molecule has 0 atom stereocenters. The molecule has 0 unspecified atom stereocenters. The molecular weight excluding hydrogens is 829 g/mol. The van der Waals surface area contributed by atoms with E-state index in [4.69, 9.17) is 13.3 Å². The van der Waals surface area contributed by atoms with E-state index in [1.807, 2.05) is 23.5 Å². The van der Waals surface area contributed by atoms with Gasteiger partial charge in [0, 0.05) is 58.1 Å². The van der Waals surface area contributed by atoms with Gasteiger partial charge in [-0.15, -0.1) is 11.3 Å². The van der Waals surface area contributed by atoms with Gasteiger partial charge in [0.05, 0.1) is 0 Å². The lowest BCUT2D eigenvalue weighted by molar-refractivity contribution is 0.669. The van der Waals surface area contributed by atoms with Gasteiger partial charge in [0.2, 0.25) is 0 Å². The van der Waals surface area contributed by atoms with Gasteiger partial charge in [-0.1, -0.05) is 182 Å². The lowest BCUT2D eigenvalue weighted by atomic mass is 10.0. The molecule has 0 aliphatic heterocycles. The van der Waals surface area contributed by atoms with E-state index in [1.165, 1.54) is 52.0 Å². The van der Waals surface area contributed by atoms with Gasteiger partial charge in [-0.2, -0.15) is 0 Å². The highest BCUT2D eigenvalue weighted by atomic mass is 32.1. The number of fused-ring (bicyclic) bond motifs is 12. The number of furan rings is 3. The molecule has 0 amide bonds. The van der Waals surface area contributed by atoms with Crippen LogP contribution < -0.4 is 20.7 Å². The summed E-state index contributed by atoms with van der Waals surface area (Å²) in [5.41, 5.74) is 9.87. The Morgan fingerprint density at radius 3 is 1.42 bits per heavy atom. The van der Waals surface area contributed by atoms with Crippen LogP contribution in [0.1, 0.15) is 0 Å². The quantitative estimate of drug-likeness (QED) is 0.123. The highest BCUT2D eigenvalue weighted by molar-refractivity contribution is 7.26. The van der Waals surface area contributed by atoms with Crippen molar-refractivity contribution in [3.8, 4) is 22.3 Å². The second-order valence-electron chi connectivity index (χ2n) is 17.0. The molecule has 0 saturated carbocycles. The topological polar surface area (TPSA) is 39.4 Å². The molecular formula is C60H36O3SSi. The Bertz CT molecular complexity index is 3920. The molecule has 3 nitrogen and oxygen atoms in total. The van der Waals surface area contributed by atoms with Crippen LogP contribution in [0.25, 0.3) is 108 Å². The first-order valence-corrected chi connectivity index (χ1v) is 24.9. The average Bonchev–Trinajstić information content (AvgIpc) is 4.15. The summed E-state index contributed by atoms with van der Waals surface area (Å²) in [6.45, 7) is 0. The zero-order valence-corrected chi connectivity index (χ0v) is 36.7. The second-order valence-corrected chi connectivity index (χ2v) is 21.8. The molecule has 0 N–H and O–H groups in total. The lowest BCUT2D eigenvalue weighted by Crippen LogP contribution is -2.75. The number of thiophene rings is 1. The molecule has 0 saturated heterocycles. The van der Waals surface area contributed by atoms with Crippen molar-refractivity contribution in [3.63, 3.8) is 0 Å². The fraction of sp³-hybridized carbons (Fsp3) is 0. The summed E-state index contributed by atoms with van der Waals surface area (Å²) in [5.74, 6) is 0. The van der Waals surface area contributed by atoms with Crippen molar-refractivity contribution >= 4 is 126 Å². The zero-order valence-electron chi connectivity index (χ0n) is 34.9. The van der Waals surface area contributed by atoms with Crippen LogP contribution in [0.2, 0.25) is 0 Å². The Labute approximate surface area is 378 Å². The summed E-state index contributed by atoms with van der Waals surface area (Å²) in [7, 11) is -3.22. The minimum absolute atomic E-state index is 0.847. The number of rotatable bonds is 6. The van der Waals surface area contributed by atoms with Crippen LogP contribution in [-0.4, -0.2) is 8.07 Å². The van der Waals surface area contributed by atoms with E-state index in [2.05, 4.69) is 206 Å². The van der Waals surface area contributed by atoms with Gasteiger partial charge in [0.15, 0.2) is 8.07 Å². The van der Waals surface area contributed by atoms with Crippen LogP contribution in [0.3, 0.4) is 0 Å². The Morgan fingerprint density at radius 1 is 0.308 bits per heavy atom. The molecule has 4 aromatic heterocycles. The van der Waals surface area contributed by atoms with Crippen LogP contribution in [0.5, 0.6) is 0 Å². The third kappa shape index (κ3) is 5.28. The van der Waals surface area contributed by atoms with Gasteiger partial charge in [-0.25, -0.2) is 0 Å². The molecule has 0 aliphatic carbocycles. The summed E-state index contributed by atoms with van der Waals surface area (Å²) >= 11 is 1.86. The molecule has 0 radical (unpaired) electrons. The standard InChI is InChI=1S/C60H36O3SSi/c1-3-15-39(16-4-1)65(40-17-5-2-6-18-40,55-29-13-24-46-49-35-37(31-33-52(49)62-58(46)55)41-21-11-23-45-43-19-7-9-27-51(43)61-57(41)45)56-30-14-25-47-50-36-38(32-34-53(50)63-59(47)56)42-22-12-26-48-44-20-8-10-28-54(44)64-60(42)48/h1-36H. The highest BCUT2D eigenvalue weighted by Gasteiger charge is 2.45. The summed E-state index contributed by atoms with van der Waals surface area (Å²) in [6, 6.07) is 79.0. The Morgan fingerprint density at radius 2 is 0.769 bits per heavy atom. The van der Waals surface area contributed by atoms with Gasteiger partial charge in [-0.05, 0) is 73.8 Å². The van der Waals surface area contributed by atoms with E-state index in [-0.39, 0.29) is 0 Å². The van der Waals surface area contributed by atoms with Gasteiger partial charge in [-0.3, -0.25) is 0 Å². The van der Waals surface area contributed by atoms with Crippen molar-refractivity contribution in [3.05, 3.63) is 218 Å². The Balaban J connectivity index is 1.02. The first-order valence-electron chi connectivity index (χ1n) is 22.1. The smallest absolute Gasteiger partial charge is 0.188 e. The molecule has 0 spiro atoms. The van der Waals surface area contributed by atoms with Gasteiger partial charge < -0.3 is 13.3 Å². The normalized spacial score (nSPS) is 12.3. The maximum absolute atomic E-state index is 7.17. The lowest BCUT2D eigenvalue weighted by Gasteiger charge is -2.34. The second kappa shape index (κ2) is 14.0. The average molecular weight is 865 g/mol. The van der Waals surface area contributed by atoms with E-state index < -0.39 is 8.07 Å². The predicted octanol–water partition coefficient (Wildman–Crippen LogP) is 14.5. The molecule has 10 aromatic carbocycles. The summed E-state index contributed by atoms with van der Waals surface area (Å²) in [5, 5.41) is 14.1. The molecule has 14 aromatic rings. The largest absolute Gasteiger partial charge is 0.456 e. The molecule has 0 fully saturated rings. The summed E-state index contributed by atoms with van der Waals surface area (Å²) in [6.07, 6.45) is 0. The van der Waals surface area contributed by atoms with Crippen molar-refractivity contribution in [2.24, 2.45) is 0 Å². The predicted molar refractivity (Wildman–Crippen MR) is 276 cm³/mol. The third-order valence-corrected chi connectivity index (χ3v) is 19.7.